The van der Waals surface area contributed by atoms with Crippen LogP contribution in [0.4, 0.5) is 8.78 Å². The molecule has 1 aliphatic rings. The summed E-state index contributed by atoms with van der Waals surface area (Å²) < 4.78 is 27.0. The summed E-state index contributed by atoms with van der Waals surface area (Å²) in [5, 5.41) is 9.60. The van der Waals surface area contributed by atoms with Crippen molar-refractivity contribution in [3.05, 3.63) is 100 Å². The van der Waals surface area contributed by atoms with Crippen LogP contribution in [0.1, 0.15) is 50.2 Å². The molecule has 4 rings (SSSR count). The second-order valence-corrected chi connectivity index (χ2v) is 8.00. The van der Waals surface area contributed by atoms with E-state index in [1.807, 2.05) is 12.1 Å². The molecule has 1 N–H and O–H groups in total. The number of carbonyl (C=O) groups excluding carboxylic acids is 2. The van der Waals surface area contributed by atoms with Crippen LogP contribution in [0.2, 0.25) is 0 Å². The number of phenolic OH excluding ortho intramolecular Hbond substituents is 1. The number of fused-ring (bicyclic) bond motifs is 1. The maximum Gasteiger partial charge on any atom is 0.166 e. The van der Waals surface area contributed by atoms with Crippen molar-refractivity contribution in [1.82, 2.24) is 0 Å². The Morgan fingerprint density at radius 1 is 1.00 bits per heavy atom. The molecule has 3 aromatic carbocycles. The molecule has 0 saturated carbocycles. The predicted molar refractivity (Wildman–Crippen MR) is 113 cm³/mol. The van der Waals surface area contributed by atoms with E-state index < -0.39 is 11.6 Å². The van der Waals surface area contributed by atoms with Crippen molar-refractivity contribution >= 4 is 11.6 Å². The van der Waals surface area contributed by atoms with E-state index in [4.69, 9.17) is 0 Å². The fourth-order valence-electron chi connectivity index (χ4n) is 4.14. The van der Waals surface area contributed by atoms with Crippen LogP contribution in [-0.2, 0) is 19.3 Å². The zero-order valence-corrected chi connectivity index (χ0v) is 16.9. The number of Topliss-reactive ketones (excluding diaryl/α,β-unsaturated/α-hetero) is 2. The molecule has 31 heavy (non-hydrogen) atoms. The van der Waals surface area contributed by atoms with Crippen molar-refractivity contribution in [2.75, 3.05) is 0 Å². The van der Waals surface area contributed by atoms with Gasteiger partial charge in [-0.25, -0.2) is 8.78 Å². The van der Waals surface area contributed by atoms with Crippen LogP contribution in [0.25, 0.3) is 0 Å². The van der Waals surface area contributed by atoms with Gasteiger partial charge in [-0.3, -0.25) is 9.59 Å². The Bertz CT molecular complexity index is 1140. The van der Waals surface area contributed by atoms with Crippen LogP contribution in [0.5, 0.6) is 5.75 Å². The Labute approximate surface area is 179 Å². The van der Waals surface area contributed by atoms with Gasteiger partial charge in [-0.15, -0.1) is 0 Å². The first-order chi connectivity index (χ1) is 14.9. The standard InChI is InChI=1S/C26H22F2O3/c27-21-8-11-24(28)19(14-21)7-12-25(30)17-3-1-16(2-4-17)13-20-6-5-18-15-22(29)9-10-23(18)26(20)31/h1-4,8-11,14-15,20,29H,5-7,12-13H2. The summed E-state index contributed by atoms with van der Waals surface area (Å²) in [6.45, 7) is 0. The highest BCUT2D eigenvalue weighted by Gasteiger charge is 2.27. The molecular formula is C26H22F2O3. The van der Waals surface area contributed by atoms with Crippen LogP contribution < -0.4 is 0 Å². The molecule has 0 heterocycles. The molecule has 0 fully saturated rings. The molecule has 1 unspecified atom stereocenters. The maximum absolute atomic E-state index is 13.7. The smallest absolute Gasteiger partial charge is 0.166 e. The molecule has 158 valence electrons. The van der Waals surface area contributed by atoms with Crippen molar-refractivity contribution in [3.63, 3.8) is 0 Å². The van der Waals surface area contributed by atoms with Crippen LogP contribution in [0.3, 0.4) is 0 Å². The molecule has 0 bridgehead atoms. The fourth-order valence-corrected chi connectivity index (χ4v) is 4.14. The summed E-state index contributed by atoms with van der Waals surface area (Å²) in [6.07, 6.45) is 2.27. The van der Waals surface area contributed by atoms with E-state index in [1.165, 1.54) is 6.07 Å². The fraction of sp³-hybridized carbons (Fsp3) is 0.231. The first kappa shape index (κ1) is 20.9. The number of aromatic hydroxyl groups is 1. The lowest BCUT2D eigenvalue weighted by Gasteiger charge is -2.23. The van der Waals surface area contributed by atoms with Crippen LogP contribution in [-0.4, -0.2) is 16.7 Å². The number of carbonyl (C=O) groups is 2. The highest BCUT2D eigenvalue weighted by Crippen LogP contribution is 2.30. The van der Waals surface area contributed by atoms with Gasteiger partial charge in [-0.2, -0.15) is 0 Å². The number of ketones is 2. The lowest BCUT2D eigenvalue weighted by atomic mass is 9.79. The van der Waals surface area contributed by atoms with Crippen LogP contribution in [0, 0.1) is 17.6 Å². The third kappa shape index (κ3) is 4.71. The largest absolute Gasteiger partial charge is 0.508 e. The Morgan fingerprint density at radius 3 is 2.55 bits per heavy atom. The van der Waals surface area contributed by atoms with Gasteiger partial charge in [0.25, 0.3) is 0 Å². The number of hydrogen-bond donors (Lipinski definition) is 1. The minimum Gasteiger partial charge on any atom is -0.508 e. The van der Waals surface area contributed by atoms with Gasteiger partial charge in [0, 0.05) is 23.5 Å². The van der Waals surface area contributed by atoms with Crippen molar-refractivity contribution in [3.8, 4) is 5.75 Å². The number of phenols is 1. The molecule has 0 saturated heterocycles. The van der Waals surface area contributed by atoms with E-state index in [-0.39, 0.29) is 41.6 Å². The summed E-state index contributed by atoms with van der Waals surface area (Å²) in [6, 6.07) is 15.2. The quantitative estimate of drug-likeness (QED) is 0.538. The van der Waals surface area contributed by atoms with Gasteiger partial charge in [0.05, 0.1) is 0 Å². The first-order valence-electron chi connectivity index (χ1n) is 10.3. The summed E-state index contributed by atoms with van der Waals surface area (Å²) >= 11 is 0. The second-order valence-electron chi connectivity index (χ2n) is 8.00. The molecule has 1 aliphatic carbocycles. The first-order valence-corrected chi connectivity index (χ1v) is 10.3. The molecule has 5 heteroatoms. The van der Waals surface area contributed by atoms with Crippen molar-refractivity contribution in [2.45, 2.75) is 32.1 Å². The van der Waals surface area contributed by atoms with E-state index in [0.717, 1.165) is 42.2 Å². The topological polar surface area (TPSA) is 54.4 Å². The Kier molecular flexibility index (Phi) is 5.94. The van der Waals surface area contributed by atoms with Gasteiger partial charge in [0.2, 0.25) is 0 Å². The number of halogens is 2. The third-order valence-electron chi connectivity index (χ3n) is 5.87. The van der Waals surface area contributed by atoms with Crippen molar-refractivity contribution < 1.29 is 23.5 Å². The van der Waals surface area contributed by atoms with Gasteiger partial charge in [0.15, 0.2) is 11.6 Å². The molecule has 0 spiro atoms. The van der Waals surface area contributed by atoms with E-state index in [1.54, 1.807) is 24.3 Å². The zero-order valence-electron chi connectivity index (χ0n) is 16.9. The number of aryl methyl sites for hydroxylation is 2. The van der Waals surface area contributed by atoms with Gasteiger partial charge < -0.3 is 5.11 Å². The minimum absolute atomic E-state index is 0.0820. The Hall–Kier alpha value is -3.34. The molecule has 0 amide bonds. The highest BCUT2D eigenvalue weighted by molar-refractivity contribution is 6.00. The van der Waals surface area contributed by atoms with Crippen molar-refractivity contribution in [1.29, 1.82) is 0 Å². The average molecular weight is 420 g/mol. The molecule has 0 aromatic heterocycles. The molecule has 1 atom stereocenters. The van der Waals surface area contributed by atoms with Gasteiger partial charge in [0.1, 0.15) is 17.4 Å². The zero-order chi connectivity index (χ0) is 22.0. The SMILES string of the molecule is O=C(CCc1cc(F)ccc1F)c1ccc(CC2CCc3cc(O)ccc3C2=O)cc1. The lowest BCUT2D eigenvalue weighted by molar-refractivity contribution is 0.0900. The number of hydrogen-bond acceptors (Lipinski definition) is 3. The van der Waals surface area contributed by atoms with Crippen LogP contribution in [0.15, 0.2) is 60.7 Å². The Morgan fingerprint density at radius 2 is 1.77 bits per heavy atom. The number of benzene rings is 3. The monoisotopic (exact) mass is 420 g/mol. The molecular weight excluding hydrogens is 398 g/mol. The lowest BCUT2D eigenvalue weighted by Crippen LogP contribution is -2.24. The highest BCUT2D eigenvalue weighted by atomic mass is 19.1. The summed E-state index contributed by atoms with van der Waals surface area (Å²) in [5.74, 6) is -1.06. The van der Waals surface area contributed by atoms with E-state index in [2.05, 4.69) is 0 Å². The van der Waals surface area contributed by atoms with E-state index >= 15 is 0 Å². The van der Waals surface area contributed by atoms with Gasteiger partial charge in [-0.05, 0) is 78.8 Å². The predicted octanol–water partition coefficient (Wildman–Crippen LogP) is 5.47. The summed E-state index contributed by atoms with van der Waals surface area (Å²) in [4.78, 5) is 25.2. The molecule has 0 aliphatic heterocycles. The summed E-state index contributed by atoms with van der Waals surface area (Å²) in [7, 11) is 0. The van der Waals surface area contributed by atoms with Gasteiger partial charge in [-0.1, -0.05) is 24.3 Å². The maximum atomic E-state index is 13.7. The minimum atomic E-state index is -0.523. The number of rotatable bonds is 6. The van der Waals surface area contributed by atoms with Gasteiger partial charge >= 0.3 is 0 Å². The second kappa shape index (κ2) is 8.80. The molecule has 3 nitrogen and oxygen atoms in total. The van der Waals surface area contributed by atoms with Crippen LogP contribution >= 0.6 is 0 Å². The normalized spacial score (nSPS) is 15.5. The third-order valence-corrected chi connectivity index (χ3v) is 5.87. The van der Waals surface area contributed by atoms with E-state index in [0.29, 0.717) is 17.5 Å². The Balaban J connectivity index is 1.38. The summed E-state index contributed by atoms with van der Waals surface area (Å²) in [5.41, 5.74) is 3.22. The molecule has 3 aromatic rings. The van der Waals surface area contributed by atoms with Crippen molar-refractivity contribution in [2.24, 2.45) is 5.92 Å². The average Bonchev–Trinajstić information content (AvgIpc) is 2.76. The van der Waals surface area contributed by atoms with E-state index in [9.17, 15) is 23.5 Å². The molecule has 0 radical (unpaired) electrons.